The van der Waals surface area contributed by atoms with E-state index in [0.29, 0.717) is 18.6 Å². The van der Waals surface area contributed by atoms with Crippen molar-refractivity contribution >= 4 is 6.08 Å². The summed E-state index contributed by atoms with van der Waals surface area (Å²) in [4.78, 5) is 0. The van der Waals surface area contributed by atoms with Crippen molar-refractivity contribution in [1.82, 2.24) is 0 Å². The highest BCUT2D eigenvalue weighted by Crippen LogP contribution is 2.31. The smallest absolute Gasteiger partial charge is 0.157 e. The summed E-state index contributed by atoms with van der Waals surface area (Å²) < 4.78 is 0. The first kappa shape index (κ1) is 22.4. The van der Waals surface area contributed by atoms with E-state index in [9.17, 15) is 15.3 Å². The van der Waals surface area contributed by atoms with Gasteiger partial charge in [0.25, 0.3) is 0 Å². The van der Waals surface area contributed by atoms with Gasteiger partial charge in [-0.1, -0.05) is 60.6 Å². The summed E-state index contributed by atoms with van der Waals surface area (Å²) in [7, 11) is 0. The summed E-state index contributed by atoms with van der Waals surface area (Å²) >= 11 is 0. The van der Waals surface area contributed by atoms with Gasteiger partial charge in [-0.2, -0.15) is 0 Å². The van der Waals surface area contributed by atoms with Gasteiger partial charge in [-0.25, -0.2) is 0 Å². The normalized spacial score (nSPS) is 12.0. The van der Waals surface area contributed by atoms with Crippen molar-refractivity contribution in [3.05, 3.63) is 82.0 Å². The molecule has 1 unspecified atom stereocenters. The minimum atomic E-state index is -0.127. The van der Waals surface area contributed by atoms with Crippen LogP contribution in [0.3, 0.4) is 0 Å². The zero-order chi connectivity index (χ0) is 21.6. The third kappa shape index (κ3) is 6.56. The fourth-order valence-electron chi connectivity index (χ4n) is 3.00. The van der Waals surface area contributed by atoms with Gasteiger partial charge in [0.15, 0.2) is 11.5 Å². The van der Waals surface area contributed by atoms with Crippen LogP contribution in [-0.4, -0.2) is 15.3 Å². The quantitative estimate of drug-likeness (QED) is 0.366. The number of hydrogen-bond donors (Lipinski definition) is 3. The van der Waals surface area contributed by atoms with Crippen molar-refractivity contribution in [2.75, 3.05) is 0 Å². The lowest BCUT2D eigenvalue weighted by Gasteiger charge is -2.15. The van der Waals surface area contributed by atoms with Crippen LogP contribution in [0.5, 0.6) is 17.2 Å². The van der Waals surface area contributed by atoms with Crippen LogP contribution in [0.1, 0.15) is 62.8 Å². The molecule has 3 nitrogen and oxygen atoms in total. The van der Waals surface area contributed by atoms with Gasteiger partial charge in [0.05, 0.1) is 0 Å². The van der Waals surface area contributed by atoms with E-state index in [2.05, 4.69) is 65.0 Å². The van der Waals surface area contributed by atoms with Gasteiger partial charge in [-0.3, -0.25) is 0 Å². The Balaban J connectivity index is 2.37. The molecule has 0 bridgehead atoms. The number of hydrogen-bond acceptors (Lipinski definition) is 3. The van der Waals surface area contributed by atoms with E-state index in [1.54, 1.807) is 6.07 Å². The maximum absolute atomic E-state index is 10.8. The standard InChI is InChI=1S/C26H32O3/c1-17(2)6-11-21-15-23(16-22(26(21)29)12-7-18(3)4)19(5)8-9-20-10-13-24(27)25(28)14-20/h6-10,13-16,19,27-29H,11-12H2,1-5H3/b9-8+. The molecule has 2 rings (SSSR count). The summed E-state index contributed by atoms with van der Waals surface area (Å²) in [5.41, 5.74) is 6.27. The van der Waals surface area contributed by atoms with Crippen molar-refractivity contribution in [1.29, 1.82) is 0 Å². The Morgan fingerprint density at radius 2 is 1.38 bits per heavy atom. The molecule has 0 aliphatic rings. The van der Waals surface area contributed by atoms with Gasteiger partial charge in [-0.05, 0) is 80.8 Å². The number of phenolic OH excluding ortho intramolecular Hbond substituents is 3. The first-order chi connectivity index (χ1) is 13.7. The van der Waals surface area contributed by atoms with E-state index in [-0.39, 0.29) is 17.4 Å². The minimum absolute atomic E-state index is 0.124. The Hall–Kier alpha value is -2.94. The zero-order valence-electron chi connectivity index (χ0n) is 18.0. The van der Waals surface area contributed by atoms with Crippen LogP contribution in [0.15, 0.2) is 59.7 Å². The summed E-state index contributed by atoms with van der Waals surface area (Å²) in [6.45, 7) is 10.3. The summed E-state index contributed by atoms with van der Waals surface area (Å²) in [5, 5.41) is 29.9. The van der Waals surface area contributed by atoms with Crippen molar-refractivity contribution in [2.45, 2.75) is 53.4 Å². The van der Waals surface area contributed by atoms with Crippen LogP contribution in [0.4, 0.5) is 0 Å². The monoisotopic (exact) mass is 392 g/mol. The maximum atomic E-state index is 10.8. The van der Waals surface area contributed by atoms with Gasteiger partial charge in [-0.15, -0.1) is 0 Å². The highest BCUT2D eigenvalue weighted by atomic mass is 16.3. The first-order valence-corrected chi connectivity index (χ1v) is 9.99. The topological polar surface area (TPSA) is 60.7 Å². The highest BCUT2D eigenvalue weighted by molar-refractivity contribution is 5.56. The molecule has 3 heteroatoms. The van der Waals surface area contributed by atoms with Crippen LogP contribution >= 0.6 is 0 Å². The molecule has 0 heterocycles. The molecule has 0 saturated carbocycles. The van der Waals surface area contributed by atoms with E-state index in [0.717, 1.165) is 22.3 Å². The number of benzene rings is 2. The van der Waals surface area contributed by atoms with E-state index in [4.69, 9.17) is 0 Å². The van der Waals surface area contributed by atoms with E-state index in [1.165, 1.54) is 23.3 Å². The molecule has 29 heavy (non-hydrogen) atoms. The minimum Gasteiger partial charge on any atom is -0.507 e. The lowest BCUT2D eigenvalue weighted by Crippen LogP contribution is -1.97. The molecular weight excluding hydrogens is 360 g/mol. The SMILES string of the molecule is CC(C)=CCc1cc(C(C)/C=C/c2ccc(O)c(O)c2)cc(CC=C(C)C)c1O. The van der Waals surface area contributed by atoms with Crippen molar-refractivity contribution in [3.63, 3.8) is 0 Å². The Kier molecular flexibility index (Phi) is 7.72. The van der Waals surface area contributed by atoms with Crippen LogP contribution in [0.2, 0.25) is 0 Å². The second-order valence-corrected chi connectivity index (χ2v) is 8.05. The fourth-order valence-corrected chi connectivity index (χ4v) is 3.00. The molecule has 2 aromatic rings. The largest absolute Gasteiger partial charge is 0.507 e. The van der Waals surface area contributed by atoms with Crippen molar-refractivity contribution in [2.24, 2.45) is 0 Å². The molecule has 0 amide bonds. The van der Waals surface area contributed by atoms with Gasteiger partial charge >= 0.3 is 0 Å². The Morgan fingerprint density at radius 3 is 1.86 bits per heavy atom. The lowest BCUT2D eigenvalue weighted by molar-refractivity contribution is 0.403. The van der Waals surface area contributed by atoms with E-state index < -0.39 is 0 Å². The van der Waals surface area contributed by atoms with Gasteiger partial charge in [0.2, 0.25) is 0 Å². The summed E-state index contributed by atoms with van der Waals surface area (Å²) in [5.74, 6) is 0.254. The average Bonchev–Trinajstić information content (AvgIpc) is 2.66. The lowest BCUT2D eigenvalue weighted by atomic mass is 9.92. The molecule has 0 saturated heterocycles. The number of allylic oxidation sites excluding steroid dienone is 5. The van der Waals surface area contributed by atoms with Crippen LogP contribution < -0.4 is 0 Å². The molecule has 0 aliphatic heterocycles. The van der Waals surface area contributed by atoms with Gasteiger partial charge in [0.1, 0.15) is 5.75 Å². The van der Waals surface area contributed by atoms with Crippen molar-refractivity contribution < 1.29 is 15.3 Å². The maximum Gasteiger partial charge on any atom is 0.157 e. The molecule has 1 atom stereocenters. The number of aromatic hydroxyl groups is 3. The summed E-state index contributed by atoms with van der Waals surface area (Å²) in [6, 6.07) is 8.93. The summed E-state index contributed by atoms with van der Waals surface area (Å²) in [6.07, 6.45) is 9.65. The zero-order valence-corrected chi connectivity index (χ0v) is 18.0. The van der Waals surface area contributed by atoms with E-state index in [1.807, 2.05) is 6.08 Å². The van der Waals surface area contributed by atoms with Crippen LogP contribution in [-0.2, 0) is 12.8 Å². The third-order valence-electron chi connectivity index (χ3n) is 4.85. The third-order valence-corrected chi connectivity index (χ3v) is 4.85. The van der Waals surface area contributed by atoms with Gasteiger partial charge < -0.3 is 15.3 Å². The van der Waals surface area contributed by atoms with Crippen LogP contribution in [0.25, 0.3) is 6.08 Å². The molecule has 0 radical (unpaired) electrons. The first-order valence-electron chi connectivity index (χ1n) is 9.99. The highest BCUT2D eigenvalue weighted by Gasteiger charge is 2.12. The molecule has 154 valence electrons. The van der Waals surface area contributed by atoms with Crippen LogP contribution in [0, 0.1) is 0 Å². The molecule has 0 spiro atoms. The molecule has 0 aliphatic carbocycles. The molecule has 0 fully saturated rings. The predicted octanol–water partition coefficient (Wildman–Crippen LogP) is 6.64. The molecule has 2 aromatic carbocycles. The predicted molar refractivity (Wildman–Crippen MR) is 122 cm³/mol. The van der Waals surface area contributed by atoms with Gasteiger partial charge in [0, 0.05) is 0 Å². The van der Waals surface area contributed by atoms with Crippen molar-refractivity contribution in [3.8, 4) is 17.2 Å². The average molecular weight is 393 g/mol. The second-order valence-electron chi connectivity index (χ2n) is 8.05. The number of phenols is 3. The number of rotatable bonds is 7. The van der Waals surface area contributed by atoms with E-state index >= 15 is 0 Å². The molecule has 0 aromatic heterocycles. The molecule has 3 N–H and O–H groups in total. The second kappa shape index (κ2) is 10.0. The Bertz CT molecular complexity index is 899. The Morgan fingerprint density at radius 1 is 0.828 bits per heavy atom. The fraction of sp³-hybridized carbons (Fsp3) is 0.308. The Labute approximate surface area is 174 Å². The molecular formula is C26H32O3.